The Morgan fingerprint density at radius 1 is 1.43 bits per heavy atom. The Kier molecular flexibility index (Phi) is 7.57. The molecule has 0 amide bonds. The first-order chi connectivity index (χ1) is 2.77. The van der Waals surface area contributed by atoms with Gasteiger partial charge in [0.15, 0.2) is 0 Å². The third-order valence-corrected chi connectivity index (χ3v) is 0.346. The SMILES string of the molecule is C.CN=CN(C)C. The lowest BCUT2D eigenvalue weighted by molar-refractivity contribution is 0.642. The van der Waals surface area contributed by atoms with E-state index in [0.717, 1.165) is 0 Å². The van der Waals surface area contributed by atoms with Crippen molar-refractivity contribution in [3.8, 4) is 0 Å². The summed E-state index contributed by atoms with van der Waals surface area (Å²) in [5.74, 6) is 0. The molecule has 0 unspecified atom stereocenters. The number of nitrogens with zero attached hydrogens (tertiary/aromatic N) is 2. The molecular formula is C5H14N2. The molecule has 0 atom stereocenters. The molecular weight excluding hydrogens is 88.1 g/mol. The van der Waals surface area contributed by atoms with Gasteiger partial charge < -0.3 is 4.90 Å². The van der Waals surface area contributed by atoms with E-state index in [9.17, 15) is 0 Å². The highest BCUT2D eigenvalue weighted by molar-refractivity contribution is 5.53. The minimum absolute atomic E-state index is 0. The number of aliphatic imine (C=N–C) groups is 1. The predicted octanol–water partition coefficient (Wildman–Crippen LogP) is 0.842. The number of rotatable bonds is 1. The summed E-state index contributed by atoms with van der Waals surface area (Å²) in [5.41, 5.74) is 0. The molecule has 2 nitrogen and oxygen atoms in total. The predicted molar refractivity (Wildman–Crippen MR) is 34.8 cm³/mol. The molecule has 0 spiro atoms. The maximum absolute atomic E-state index is 3.74. The zero-order valence-corrected chi connectivity index (χ0v) is 4.47. The Morgan fingerprint density at radius 2 is 1.86 bits per heavy atom. The van der Waals surface area contributed by atoms with Crippen molar-refractivity contribution in [3.63, 3.8) is 0 Å². The van der Waals surface area contributed by atoms with E-state index in [1.165, 1.54) is 0 Å². The molecule has 0 radical (unpaired) electrons. The van der Waals surface area contributed by atoms with Crippen molar-refractivity contribution >= 4 is 6.34 Å². The molecule has 0 saturated carbocycles. The molecule has 0 saturated heterocycles. The van der Waals surface area contributed by atoms with E-state index >= 15 is 0 Å². The maximum Gasteiger partial charge on any atom is 0.0841 e. The molecule has 44 valence electrons. The van der Waals surface area contributed by atoms with Gasteiger partial charge in [-0.3, -0.25) is 4.99 Å². The van der Waals surface area contributed by atoms with Gasteiger partial charge in [-0.25, -0.2) is 0 Å². The molecule has 0 fully saturated rings. The molecule has 0 aliphatic rings. The van der Waals surface area contributed by atoms with Crippen molar-refractivity contribution in [2.45, 2.75) is 7.43 Å². The van der Waals surface area contributed by atoms with Gasteiger partial charge in [-0.1, -0.05) is 7.43 Å². The number of hydrogen-bond donors (Lipinski definition) is 0. The molecule has 0 rings (SSSR count). The highest BCUT2D eigenvalue weighted by Crippen LogP contribution is 1.59. The standard InChI is InChI=1S/C4H10N2.CH4/c1-5-4-6(2)3;/h4H,1-3H3;1H4. The van der Waals surface area contributed by atoms with Crippen LogP contribution in [0, 0.1) is 0 Å². The van der Waals surface area contributed by atoms with Crippen LogP contribution in [-0.4, -0.2) is 32.4 Å². The third-order valence-electron chi connectivity index (χ3n) is 0.346. The highest BCUT2D eigenvalue weighted by Gasteiger charge is 1.67. The van der Waals surface area contributed by atoms with Crippen LogP contribution in [-0.2, 0) is 0 Å². The van der Waals surface area contributed by atoms with Gasteiger partial charge in [0.25, 0.3) is 0 Å². The summed E-state index contributed by atoms with van der Waals surface area (Å²) in [6.07, 6.45) is 1.75. The normalized spacial score (nSPS) is 8.43. The molecule has 0 aromatic rings. The summed E-state index contributed by atoms with van der Waals surface area (Å²) < 4.78 is 0. The van der Waals surface area contributed by atoms with Crippen LogP contribution in [0.3, 0.4) is 0 Å². The monoisotopic (exact) mass is 102 g/mol. The molecule has 0 aromatic heterocycles. The van der Waals surface area contributed by atoms with Crippen LogP contribution in [0.15, 0.2) is 4.99 Å². The molecule has 0 aromatic carbocycles. The Morgan fingerprint density at radius 3 is 1.86 bits per heavy atom. The van der Waals surface area contributed by atoms with E-state index in [-0.39, 0.29) is 7.43 Å². The Bertz CT molecular complexity index is 48.0. The first-order valence-electron chi connectivity index (χ1n) is 1.86. The van der Waals surface area contributed by atoms with Gasteiger partial charge >= 0.3 is 0 Å². The fourth-order valence-electron chi connectivity index (χ4n) is 0.231. The lowest BCUT2D eigenvalue weighted by atomic mass is 10.9. The quantitative estimate of drug-likeness (QED) is 0.354. The van der Waals surface area contributed by atoms with Crippen molar-refractivity contribution in [1.29, 1.82) is 0 Å². The Labute approximate surface area is 45.9 Å². The van der Waals surface area contributed by atoms with E-state index in [2.05, 4.69) is 4.99 Å². The topological polar surface area (TPSA) is 15.6 Å². The van der Waals surface area contributed by atoms with Crippen molar-refractivity contribution < 1.29 is 0 Å². The van der Waals surface area contributed by atoms with Crippen molar-refractivity contribution in [2.75, 3.05) is 21.1 Å². The minimum Gasteiger partial charge on any atom is -0.369 e. The van der Waals surface area contributed by atoms with Crippen LogP contribution in [0.2, 0.25) is 0 Å². The molecule has 0 N–H and O–H groups in total. The molecule has 0 heterocycles. The highest BCUT2D eigenvalue weighted by atomic mass is 15.1. The van der Waals surface area contributed by atoms with Crippen LogP contribution in [0.25, 0.3) is 0 Å². The average molecular weight is 102 g/mol. The maximum atomic E-state index is 3.74. The zero-order valence-electron chi connectivity index (χ0n) is 4.47. The Balaban J connectivity index is 0. The van der Waals surface area contributed by atoms with Crippen LogP contribution in [0.4, 0.5) is 0 Å². The summed E-state index contributed by atoms with van der Waals surface area (Å²) in [5, 5.41) is 0. The summed E-state index contributed by atoms with van der Waals surface area (Å²) in [4.78, 5) is 5.62. The van der Waals surface area contributed by atoms with E-state index in [1.54, 1.807) is 13.4 Å². The second kappa shape index (κ2) is 5.47. The second-order valence-electron chi connectivity index (χ2n) is 1.34. The molecule has 0 aliphatic heterocycles. The summed E-state index contributed by atoms with van der Waals surface area (Å²) in [7, 11) is 5.62. The van der Waals surface area contributed by atoms with E-state index in [4.69, 9.17) is 0 Å². The number of hydrogen-bond acceptors (Lipinski definition) is 1. The van der Waals surface area contributed by atoms with Crippen LogP contribution in [0.5, 0.6) is 0 Å². The summed E-state index contributed by atoms with van der Waals surface area (Å²) in [6, 6.07) is 0. The van der Waals surface area contributed by atoms with Gasteiger partial charge in [-0.15, -0.1) is 0 Å². The average Bonchev–Trinajstić information content (AvgIpc) is 1.35. The van der Waals surface area contributed by atoms with Gasteiger partial charge in [0.2, 0.25) is 0 Å². The van der Waals surface area contributed by atoms with E-state index in [1.807, 2.05) is 19.0 Å². The third kappa shape index (κ3) is 10.8. The molecule has 2 heteroatoms. The lowest BCUT2D eigenvalue weighted by Crippen LogP contribution is -2.06. The van der Waals surface area contributed by atoms with Gasteiger partial charge in [0.1, 0.15) is 0 Å². The van der Waals surface area contributed by atoms with E-state index in [0.29, 0.717) is 0 Å². The molecule has 7 heavy (non-hydrogen) atoms. The van der Waals surface area contributed by atoms with Crippen LogP contribution < -0.4 is 0 Å². The van der Waals surface area contributed by atoms with E-state index < -0.39 is 0 Å². The second-order valence-corrected chi connectivity index (χ2v) is 1.34. The van der Waals surface area contributed by atoms with Crippen LogP contribution in [0.1, 0.15) is 7.43 Å². The van der Waals surface area contributed by atoms with Crippen molar-refractivity contribution in [2.24, 2.45) is 4.99 Å². The fraction of sp³-hybridized carbons (Fsp3) is 0.800. The van der Waals surface area contributed by atoms with Crippen LogP contribution >= 0.6 is 0 Å². The summed E-state index contributed by atoms with van der Waals surface area (Å²) in [6.45, 7) is 0. The van der Waals surface area contributed by atoms with Gasteiger partial charge in [-0.05, 0) is 0 Å². The van der Waals surface area contributed by atoms with Gasteiger partial charge in [0, 0.05) is 21.1 Å². The van der Waals surface area contributed by atoms with Gasteiger partial charge in [0.05, 0.1) is 6.34 Å². The molecule has 0 bridgehead atoms. The minimum atomic E-state index is 0. The summed E-state index contributed by atoms with van der Waals surface area (Å²) >= 11 is 0. The fourth-order valence-corrected chi connectivity index (χ4v) is 0.231. The first-order valence-corrected chi connectivity index (χ1v) is 1.86. The zero-order chi connectivity index (χ0) is 4.99. The lowest BCUT2D eigenvalue weighted by Gasteiger charge is -1.98. The van der Waals surface area contributed by atoms with Gasteiger partial charge in [-0.2, -0.15) is 0 Å². The smallest absolute Gasteiger partial charge is 0.0841 e. The first kappa shape index (κ1) is 9.69. The largest absolute Gasteiger partial charge is 0.369 e. The van der Waals surface area contributed by atoms with Crippen molar-refractivity contribution in [1.82, 2.24) is 4.90 Å². The Hall–Kier alpha value is -0.530. The molecule has 0 aliphatic carbocycles. The van der Waals surface area contributed by atoms with Crippen molar-refractivity contribution in [3.05, 3.63) is 0 Å².